The van der Waals surface area contributed by atoms with Gasteiger partial charge in [-0.05, 0) is 44.5 Å². The predicted molar refractivity (Wildman–Crippen MR) is 80.7 cm³/mol. The predicted octanol–water partition coefficient (Wildman–Crippen LogP) is 3.38. The highest BCUT2D eigenvalue weighted by Gasteiger charge is 2.30. The van der Waals surface area contributed by atoms with Gasteiger partial charge in [-0.1, -0.05) is 23.4 Å². The third kappa shape index (κ3) is 3.01. The minimum atomic E-state index is -0.156. The minimum absolute atomic E-state index is 0.156. The number of rotatable bonds is 4. The zero-order valence-corrected chi connectivity index (χ0v) is 13.1. The standard InChI is InChI=1S/C17H22N2O2/c1-12-7-15(21-18-12)10-19(4)9-13-5-6-16-14(8-13)11-20-17(16,2)3/h5-8H,9-11H2,1-4H3. The molecule has 21 heavy (non-hydrogen) atoms. The van der Waals surface area contributed by atoms with Gasteiger partial charge in [-0.15, -0.1) is 0 Å². The molecule has 4 nitrogen and oxygen atoms in total. The molecule has 2 aromatic rings. The molecule has 0 fully saturated rings. The number of ether oxygens (including phenoxy) is 1. The lowest BCUT2D eigenvalue weighted by atomic mass is 9.94. The summed E-state index contributed by atoms with van der Waals surface area (Å²) in [4.78, 5) is 2.22. The topological polar surface area (TPSA) is 38.5 Å². The molecule has 3 rings (SSSR count). The van der Waals surface area contributed by atoms with Gasteiger partial charge in [0, 0.05) is 12.6 Å². The Morgan fingerprint density at radius 1 is 1.24 bits per heavy atom. The Morgan fingerprint density at radius 2 is 2.05 bits per heavy atom. The van der Waals surface area contributed by atoms with E-state index in [4.69, 9.17) is 9.26 Å². The van der Waals surface area contributed by atoms with Crippen molar-refractivity contribution in [3.63, 3.8) is 0 Å². The zero-order valence-electron chi connectivity index (χ0n) is 13.1. The highest BCUT2D eigenvalue weighted by molar-refractivity contribution is 5.37. The van der Waals surface area contributed by atoms with E-state index in [9.17, 15) is 0 Å². The largest absolute Gasteiger partial charge is 0.366 e. The number of nitrogens with zero attached hydrogens (tertiary/aromatic N) is 2. The molecular formula is C17H22N2O2. The Labute approximate surface area is 125 Å². The molecule has 4 heteroatoms. The van der Waals surface area contributed by atoms with E-state index in [0.717, 1.165) is 24.5 Å². The molecule has 0 saturated heterocycles. The average molecular weight is 286 g/mol. The molecule has 1 aromatic heterocycles. The van der Waals surface area contributed by atoms with Gasteiger partial charge in [-0.3, -0.25) is 4.90 Å². The summed E-state index contributed by atoms with van der Waals surface area (Å²) >= 11 is 0. The highest BCUT2D eigenvalue weighted by atomic mass is 16.5. The van der Waals surface area contributed by atoms with Crippen LogP contribution in [0.4, 0.5) is 0 Å². The van der Waals surface area contributed by atoms with Crippen LogP contribution in [0.25, 0.3) is 0 Å². The smallest absolute Gasteiger partial charge is 0.150 e. The third-order valence-corrected chi connectivity index (χ3v) is 3.96. The molecule has 2 heterocycles. The molecule has 112 valence electrons. The molecule has 1 aliphatic rings. The first-order valence-corrected chi connectivity index (χ1v) is 7.31. The van der Waals surface area contributed by atoms with Gasteiger partial charge >= 0.3 is 0 Å². The Hall–Kier alpha value is -1.65. The van der Waals surface area contributed by atoms with E-state index < -0.39 is 0 Å². The van der Waals surface area contributed by atoms with Crippen molar-refractivity contribution in [2.45, 2.75) is 46.1 Å². The summed E-state index contributed by atoms with van der Waals surface area (Å²) in [5, 5.41) is 3.92. The lowest BCUT2D eigenvalue weighted by Gasteiger charge is -2.19. The fourth-order valence-corrected chi connectivity index (χ4v) is 2.91. The van der Waals surface area contributed by atoms with Crippen molar-refractivity contribution in [1.29, 1.82) is 0 Å². The summed E-state index contributed by atoms with van der Waals surface area (Å²) in [7, 11) is 2.09. The van der Waals surface area contributed by atoms with Crippen molar-refractivity contribution in [2.75, 3.05) is 7.05 Å². The van der Waals surface area contributed by atoms with Gasteiger partial charge in [0.05, 0.1) is 24.4 Å². The lowest BCUT2D eigenvalue weighted by Crippen LogP contribution is -2.17. The van der Waals surface area contributed by atoms with E-state index in [0.29, 0.717) is 6.61 Å². The van der Waals surface area contributed by atoms with Crippen LogP contribution in [0.5, 0.6) is 0 Å². The lowest BCUT2D eigenvalue weighted by molar-refractivity contribution is -0.00789. The van der Waals surface area contributed by atoms with Gasteiger partial charge in [0.25, 0.3) is 0 Å². The van der Waals surface area contributed by atoms with E-state index >= 15 is 0 Å². The minimum Gasteiger partial charge on any atom is -0.366 e. The van der Waals surface area contributed by atoms with Gasteiger partial charge in [0.15, 0.2) is 5.76 Å². The molecule has 0 aliphatic carbocycles. The zero-order chi connectivity index (χ0) is 15.0. The number of hydrogen-bond donors (Lipinski definition) is 0. The number of aromatic nitrogens is 1. The SMILES string of the molecule is Cc1cc(CN(C)Cc2ccc3c(c2)COC3(C)C)on1. The molecule has 0 spiro atoms. The van der Waals surface area contributed by atoms with Crippen molar-refractivity contribution in [3.05, 3.63) is 52.4 Å². The van der Waals surface area contributed by atoms with Crippen LogP contribution >= 0.6 is 0 Å². The normalized spacial score (nSPS) is 16.4. The van der Waals surface area contributed by atoms with Crippen molar-refractivity contribution in [1.82, 2.24) is 10.1 Å². The Kier molecular flexibility index (Phi) is 3.59. The summed E-state index contributed by atoms with van der Waals surface area (Å²) in [5.74, 6) is 0.903. The van der Waals surface area contributed by atoms with E-state index in [-0.39, 0.29) is 5.60 Å². The molecule has 1 aromatic carbocycles. The van der Waals surface area contributed by atoms with E-state index in [1.165, 1.54) is 16.7 Å². The summed E-state index contributed by atoms with van der Waals surface area (Å²) < 4.78 is 11.1. The molecule has 0 radical (unpaired) electrons. The Balaban J connectivity index is 1.68. The van der Waals surface area contributed by atoms with Crippen molar-refractivity contribution in [3.8, 4) is 0 Å². The molecule has 1 aliphatic heterocycles. The number of fused-ring (bicyclic) bond motifs is 1. The maximum Gasteiger partial charge on any atom is 0.150 e. The summed E-state index contributed by atoms with van der Waals surface area (Å²) in [6.45, 7) is 8.54. The quantitative estimate of drug-likeness (QED) is 0.863. The van der Waals surface area contributed by atoms with Crippen molar-refractivity contribution < 1.29 is 9.26 Å². The monoisotopic (exact) mass is 286 g/mol. The molecule has 0 bridgehead atoms. The van der Waals surface area contributed by atoms with Gasteiger partial charge in [0.1, 0.15) is 0 Å². The van der Waals surface area contributed by atoms with Crippen LogP contribution in [0.15, 0.2) is 28.8 Å². The molecular weight excluding hydrogens is 264 g/mol. The third-order valence-electron chi connectivity index (χ3n) is 3.96. The van der Waals surface area contributed by atoms with Crippen LogP contribution in [-0.2, 0) is 30.0 Å². The number of benzene rings is 1. The van der Waals surface area contributed by atoms with Crippen LogP contribution < -0.4 is 0 Å². The Morgan fingerprint density at radius 3 is 2.76 bits per heavy atom. The van der Waals surface area contributed by atoms with E-state index in [2.05, 4.69) is 49.2 Å². The summed E-state index contributed by atoms with van der Waals surface area (Å²) in [6.07, 6.45) is 0. The first kappa shape index (κ1) is 14.3. The van der Waals surface area contributed by atoms with E-state index in [1.807, 2.05) is 13.0 Å². The highest BCUT2D eigenvalue weighted by Crippen LogP contribution is 2.36. The van der Waals surface area contributed by atoms with Crippen molar-refractivity contribution in [2.24, 2.45) is 0 Å². The maximum atomic E-state index is 5.83. The van der Waals surface area contributed by atoms with E-state index in [1.54, 1.807) is 0 Å². The maximum absolute atomic E-state index is 5.83. The first-order valence-electron chi connectivity index (χ1n) is 7.31. The second-order valence-corrected chi connectivity index (χ2v) is 6.40. The van der Waals surface area contributed by atoms with Crippen molar-refractivity contribution >= 4 is 0 Å². The van der Waals surface area contributed by atoms with Crippen LogP contribution in [0, 0.1) is 6.92 Å². The van der Waals surface area contributed by atoms with Crippen LogP contribution in [0.1, 0.15) is 42.0 Å². The average Bonchev–Trinajstić information content (AvgIpc) is 2.93. The van der Waals surface area contributed by atoms with Gasteiger partial charge in [-0.25, -0.2) is 0 Å². The van der Waals surface area contributed by atoms with Crippen LogP contribution in [0.3, 0.4) is 0 Å². The Bertz CT molecular complexity index is 646. The van der Waals surface area contributed by atoms with Gasteiger partial charge in [-0.2, -0.15) is 0 Å². The second-order valence-electron chi connectivity index (χ2n) is 6.40. The summed E-state index contributed by atoms with van der Waals surface area (Å²) in [5.41, 5.74) is 4.68. The number of aryl methyl sites for hydroxylation is 1. The number of hydrogen-bond acceptors (Lipinski definition) is 4. The molecule has 0 unspecified atom stereocenters. The van der Waals surface area contributed by atoms with Crippen LogP contribution in [-0.4, -0.2) is 17.1 Å². The molecule has 0 saturated carbocycles. The van der Waals surface area contributed by atoms with Gasteiger partial charge < -0.3 is 9.26 Å². The van der Waals surface area contributed by atoms with Crippen LogP contribution in [0.2, 0.25) is 0 Å². The molecule has 0 N–H and O–H groups in total. The fourth-order valence-electron chi connectivity index (χ4n) is 2.91. The summed E-state index contributed by atoms with van der Waals surface area (Å²) in [6, 6.07) is 8.63. The van der Waals surface area contributed by atoms with Gasteiger partial charge in [0.2, 0.25) is 0 Å². The fraction of sp³-hybridized carbons (Fsp3) is 0.471. The molecule has 0 amide bonds. The molecule has 0 atom stereocenters. The second kappa shape index (κ2) is 5.28. The first-order chi connectivity index (χ1) is 9.94.